The molecule has 0 spiro atoms. The van der Waals surface area contributed by atoms with Crippen molar-refractivity contribution in [1.29, 1.82) is 0 Å². The third kappa shape index (κ3) is 2.96. The first-order valence-electron chi connectivity index (χ1n) is 6.42. The average Bonchev–Trinajstić information content (AvgIpc) is 2.32. The van der Waals surface area contributed by atoms with Crippen molar-refractivity contribution in [3.05, 3.63) is 28.8 Å². The van der Waals surface area contributed by atoms with Crippen LogP contribution in [0.25, 0.3) is 0 Å². The van der Waals surface area contributed by atoms with E-state index < -0.39 is 0 Å². The number of nitrogen functional groups attached to an aromatic ring is 1. The standard InChI is InChI=1S/C14H19ClN2O/c1-9-4-2-5-10(8-9)17-14(18)11-6-3-7-12(15)13(11)16/h3,6-7,9-10H,2,4-5,8,16H2,1H3,(H,17,18). The van der Waals surface area contributed by atoms with E-state index in [0.29, 0.717) is 22.2 Å². The minimum atomic E-state index is -0.117. The van der Waals surface area contributed by atoms with Crippen LogP contribution in [0.4, 0.5) is 5.69 Å². The van der Waals surface area contributed by atoms with Crippen LogP contribution in [0.2, 0.25) is 5.02 Å². The highest BCUT2D eigenvalue weighted by Gasteiger charge is 2.21. The Kier molecular flexibility index (Phi) is 4.12. The van der Waals surface area contributed by atoms with Crippen LogP contribution >= 0.6 is 11.6 Å². The summed E-state index contributed by atoms with van der Waals surface area (Å²) in [5.74, 6) is 0.565. The Morgan fingerprint density at radius 2 is 2.22 bits per heavy atom. The fourth-order valence-corrected chi connectivity index (χ4v) is 2.74. The lowest BCUT2D eigenvalue weighted by molar-refractivity contribution is 0.0922. The van der Waals surface area contributed by atoms with Crippen LogP contribution in [0.3, 0.4) is 0 Å². The smallest absolute Gasteiger partial charge is 0.253 e. The van der Waals surface area contributed by atoms with E-state index in [4.69, 9.17) is 17.3 Å². The van der Waals surface area contributed by atoms with Crippen LogP contribution in [0.15, 0.2) is 18.2 Å². The summed E-state index contributed by atoms with van der Waals surface area (Å²) in [6.45, 7) is 2.23. The first-order valence-corrected chi connectivity index (χ1v) is 6.80. The minimum Gasteiger partial charge on any atom is -0.397 e. The van der Waals surface area contributed by atoms with E-state index >= 15 is 0 Å². The van der Waals surface area contributed by atoms with Gasteiger partial charge in [-0.3, -0.25) is 4.79 Å². The normalized spacial score (nSPS) is 23.7. The zero-order chi connectivity index (χ0) is 13.1. The maximum Gasteiger partial charge on any atom is 0.253 e. The number of rotatable bonds is 2. The first kappa shape index (κ1) is 13.2. The number of hydrogen-bond acceptors (Lipinski definition) is 2. The fourth-order valence-electron chi connectivity index (χ4n) is 2.56. The van der Waals surface area contributed by atoms with Crippen molar-refractivity contribution in [3.8, 4) is 0 Å². The molecule has 1 amide bonds. The Balaban J connectivity index is 2.05. The van der Waals surface area contributed by atoms with Crippen molar-refractivity contribution in [3.63, 3.8) is 0 Å². The zero-order valence-corrected chi connectivity index (χ0v) is 11.3. The molecule has 1 aliphatic rings. The molecule has 1 aromatic carbocycles. The Morgan fingerprint density at radius 1 is 1.44 bits per heavy atom. The summed E-state index contributed by atoms with van der Waals surface area (Å²) in [5.41, 5.74) is 6.66. The molecule has 3 N–H and O–H groups in total. The largest absolute Gasteiger partial charge is 0.397 e. The van der Waals surface area contributed by atoms with Gasteiger partial charge in [0.15, 0.2) is 0 Å². The Morgan fingerprint density at radius 3 is 2.94 bits per heavy atom. The van der Waals surface area contributed by atoms with Gasteiger partial charge >= 0.3 is 0 Å². The second kappa shape index (κ2) is 5.61. The Bertz CT molecular complexity index is 447. The van der Waals surface area contributed by atoms with Crippen LogP contribution in [0, 0.1) is 5.92 Å². The third-order valence-corrected chi connectivity index (χ3v) is 3.90. The fraction of sp³-hybridized carbons (Fsp3) is 0.500. The molecule has 1 aliphatic carbocycles. The molecule has 1 aromatic rings. The van der Waals surface area contributed by atoms with Crippen molar-refractivity contribution in [2.45, 2.75) is 38.6 Å². The average molecular weight is 267 g/mol. The van der Waals surface area contributed by atoms with E-state index in [1.54, 1.807) is 18.2 Å². The summed E-state index contributed by atoms with van der Waals surface area (Å²) in [4.78, 5) is 12.1. The van der Waals surface area contributed by atoms with Crippen LogP contribution < -0.4 is 11.1 Å². The van der Waals surface area contributed by atoms with Gasteiger partial charge in [-0.2, -0.15) is 0 Å². The highest BCUT2D eigenvalue weighted by molar-refractivity contribution is 6.33. The lowest BCUT2D eigenvalue weighted by Crippen LogP contribution is -2.38. The van der Waals surface area contributed by atoms with Gasteiger partial charge in [-0.25, -0.2) is 0 Å². The third-order valence-electron chi connectivity index (χ3n) is 3.57. The number of anilines is 1. The lowest BCUT2D eigenvalue weighted by atomic mass is 9.87. The molecule has 98 valence electrons. The quantitative estimate of drug-likeness (QED) is 0.808. The van der Waals surface area contributed by atoms with E-state index in [-0.39, 0.29) is 11.9 Å². The van der Waals surface area contributed by atoms with Crippen LogP contribution in [0.5, 0.6) is 0 Å². The van der Waals surface area contributed by atoms with Gasteiger partial charge in [0.2, 0.25) is 0 Å². The molecule has 1 fully saturated rings. The number of carbonyl (C=O) groups is 1. The van der Waals surface area contributed by atoms with Gasteiger partial charge in [0.1, 0.15) is 0 Å². The van der Waals surface area contributed by atoms with Crippen molar-refractivity contribution in [2.24, 2.45) is 5.92 Å². The number of halogens is 1. The molecule has 0 aliphatic heterocycles. The van der Waals surface area contributed by atoms with E-state index in [9.17, 15) is 4.79 Å². The van der Waals surface area contributed by atoms with Crippen molar-refractivity contribution in [1.82, 2.24) is 5.32 Å². The molecule has 2 unspecified atom stereocenters. The molecule has 1 saturated carbocycles. The molecule has 18 heavy (non-hydrogen) atoms. The summed E-state index contributed by atoms with van der Waals surface area (Å²) >= 11 is 5.92. The van der Waals surface area contributed by atoms with Gasteiger partial charge in [-0.1, -0.05) is 37.4 Å². The van der Waals surface area contributed by atoms with Gasteiger partial charge in [0.25, 0.3) is 5.91 Å². The second-order valence-electron chi connectivity index (χ2n) is 5.14. The predicted octanol–water partition coefficient (Wildman–Crippen LogP) is 3.23. The number of nitrogens with one attached hydrogen (secondary N) is 1. The zero-order valence-electron chi connectivity index (χ0n) is 10.6. The molecule has 4 heteroatoms. The van der Waals surface area contributed by atoms with Gasteiger partial charge < -0.3 is 11.1 Å². The number of carbonyl (C=O) groups excluding carboxylic acids is 1. The number of benzene rings is 1. The predicted molar refractivity (Wildman–Crippen MR) is 74.8 cm³/mol. The molecule has 0 bridgehead atoms. The number of para-hydroxylation sites is 1. The molecule has 2 atom stereocenters. The Labute approximate surface area is 113 Å². The molecule has 3 nitrogen and oxygen atoms in total. The van der Waals surface area contributed by atoms with E-state index in [0.717, 1.165) is 12.8 Å². The van der Waals surface area contributed by atoms with Crippen molar-refractivity contribution >= 4 is 23.2 Å². The van der Waals surface area contributed by atoms with Gasteiger partial charge in [0, 0.05) is 6.04 Å². The first-order chi connectivity index (χ1) is 8.58. The maximum absolute atomic E-state index is 12.1. The number of amides is 1. The lowest BCUT2D eigenvalue weighted by Gasteiger charge is -2.27. The number of hydrogen-bond donors (Lipinski definition) is 2. The molecular formula is C14H19ClN2O. The van der Waals surface area contributed by atoms with E-state index in [1.807, 2.05) is 0 Å². The molecule has 0 aromatic heterocycles. The molecular weight excluding hydrogens is 248 g/mol. The monoisotopic (exact) mass is 266 g/mol. The van der Waals surface area contributed by atoms with Crippen LogP contribution in [-0.2, 0) is 0 Å². The molecule has 0 saturated heterocycles. The molecule has 0 radical (unpaired) electrons. The summed E-state index contributed by atoms with van der Waals surface area (Å²) in [7, 11) is 0. The summed E-state index contributed by atoms with van der Waals surface area (Å²) in [6.07, 6.45) is 4.53. The molecule has 2 rings (SSSR count). The SMILES string of the molecule is CC1CCCC(NC(=O)c2cccc(Cl)c2N)C1. The van der Waals surface area contributed by atoms with Crippen LogP contribution in [0.1, 0.15) is 43.0 Å². The second-order valence-corrected chi connectivity index (χ2v) is 5.55. The van der Waals surface area contributed by atoms with Gasteiger partial charge in [0.05, 0.1) is 16.3 Å². The molecule has 0 heterocycles. The van der Waals surface area contributed by atoms with Crippen molar-refractivity contribution < 1.29 is 4.79 Å². The minimum absolute atomic E-state index is 0.117. The number of nitrogens with two attached hydrogens (primary N) is 1. The van der Waals surface area contributed by atoms with Gasteiger partial charge in [-0.15, -0.1) is 0 Å². The highest BCUT2D eigenvalue weighted by atomic mass is 35.5. The van der Waals surface area contributed by atoms with E-state index in [1.165, 1.54) is 12.8 Å². The van der Waals surface area contributed by atoms with E-state index in [2.05, 4.69) is 12.2 Å². The maximum atomic E-state index is 12.1. The Hall–Kier alpha value is -1.22. The highest BCUT2D eigenvalue weighted by Crippen LogP contribution is 2.25. The summed E-state index contributed by atoms with van der Waals surface area (Å²) in [5, 5.41) is 3.49. The van der Waals surface area contributed by atoms with Crippen LogP contribution in [-0.4, -0.2) is 11.9 Å². The van der Waals surface area contributed by atoms with Crippen molar-refractivity contribution in [2.75, 3.05) is 5.73 Å². The summed E-state index contributed by atoms with van der Waals surface area (Å²) < 4.78 is 0. The topological polar surface area (TPSA) is 55.1 Å². The van der Waals surface area contributed by atoms with Gasteiger partial charge in [-0.05, 0) is 30.9 Å². The summed E-state index contributed by atoms with van der Waals surface area (Å²) in [6, 6.07) is 5.41.